The number of hydrogen-bond acceptors (Lipinski definition) is 4. The number of anilines is 1. The van der Waals surface area contributed by atoms with Gasteiger partial charge in [-0.3, -0.25) is 4.90 Å². The van der Waals surface area contributed by atoms with Crippen molar-refractivity contribution in [3.63, 3.8) is 0 Å². The van der Waals surface area contributed by atoms with E-state index in [9.17, 15) is 0 Å². The molecule has 2 heterocycles. The van der Waals surface area contributed by atoms with E-state index in [1.54, 1.807) is 0 Å². The van der Waals surface area contributed by atoms with Gasteiger partial charge in [0.15, 0.2) is 0 Å². The lowest BCUT2D eigenvalue weighted by molar-refractivity contribution is 0.0375. The molecule has 3 rings (SSSR count). The maximum atomic E-state index is 5.48. The Morgan fingerprint density at radius 1 is 0.955 bits per heavy atom. The highest BCUT2D eigenvalue weighted by molar-refractivity contribution is 9.10. The number of rotatable bonds is 5. The lowest BCUT2D eigenvalue weighted by Crippen LogP contribution is -2.37. The van der Waals surface area contributed by atoms with Crippen molar-refractivity contribution in [1.29, 1.82) is 0 Å². The second-order valence-corrected chi connectivity index (χ2v) is 6.85. The molecule has 0 spiro atoms. The van der Waals surface area contributed by atoms with E-state index in [0.29, 0.717) is 0 Å². The Morgan fingerprint density at radius 3 is 2.36 bits per heavy atom. The SMILES string of the molecule is Brc1ccc(CCCN2CCOCC2)c(N2CCOCC2)c1. The summed E-state index contributed by atoms with van der Waals surface area (Å²) in [6, 6.07) is 6.69. The van der Waals surface area contributed by atoms with Crippen LogP contribution in [0.15, 0.2) is 22.7 Å². The predicted octanol–water partition coefficient (Wildman–Crippen LogP) is 2.55. The monoisotopic (exact) mass is 368 g/mol. The molecule has 0 N–H and O–H groups in total. The van der Waals surface area contributed by atoms with Crippen LogP contribution in [0.5, 0.6) is 0 Å². The molecule has 0 bridgehead atoms. The van der Waals surface area contributed by atoms with E-state index in [2.05, 4.69) is 43.9 Å². The summed E-state index contributed by atoms with van der Waals surface area (Å²) in [7, 11) is 0. The molecule has 4 nitrogen and oxygen atoms in total. The fourth-order valence-corrected chi connectivity index (χ4v) is 3.51. The van der Waals surface area contributed by atoms with Crippen LogP contribution in [0.3, 0.4) is 0 Å². The van der Waals surface area contributed by atoms with Crippen molar-refractivity contribution in [2.24, 2.45) is 0 Å². The van der Waals surface area contributed by atoms with Gasteiger partial charge in [-0.2, -0.15) is 0 Å². The summed E-state index contributed by atoms with van der Waals surface area (Å²) >= 11 is 3.61. The molecule has 5 heteroatoms. The van der Waals surface area contributed by atoms with Crippen molar-refractivity contribution in [3.05, 3.63) is 28.2 Å². The van der Waals surface area contributed by atoms with Gasteiger partial charge >= 0.3 is 0 Å². The van der Waals surface area contributed by atoms with E-state index < -0.39 is 0 Å². The Labute approximate surface area is 141 Å². The predicted molar refractivity (Wildman–Crippen MR) is 92.8 cm³/mol. The number of morpholine rings is 2. The summed E-state index contributed by atoms with van der Waals surface area (Å²) in [5, 5.41) is 0. The number of halogens is 1. The Balaban J connectivity index is 1.59. The fraction of sp³-hybridized carbons (Fsp3) is 0.647. The van der Waals surface area contributed by atoms with Gasteiger partial charge in [-0.1, -0.05) is 22.0 Å². The van der Waals surface area contributed by atoms with E-state index in [1.807, 2.05) is 0 Å². The first-order chi connectivity index (χ1) is 10.8. The van der Waals surface area contributed by atoms with E-state index in [1.165, 1.54) is 24.2 Å². The molecule has 0 aliphatic carbocycles. The van der Waals surface area contributed by atoms with E-state index in [4.69, 9.17) is 9.47 Å². The zero-order valence-corrected chi connectivity index (χ0v) is 14.7. The number of benzene rings is 1. The third-order valence-corrected chi connectivity index (χ3v) is 4.92. The topological polar surface area (TPSA) is 24.9 Å². The van der Waals surface area contributed by atoms with Crippen molar-refractivity contribution in [2.75, 3.05) is 64.1 Å². The van der Waals surface area contributed by atoms with Crippen LogP contribution in [-0.4, -0.2) is 64.1 Å². The fourth-order valence-electron chi connectivity index (χ4n) is 3.16. The van der Waals surface area contributed by atoms with Crippen LogP contribution in [0.25, 0.3) is 0 Å². The van der Waals surface area contributed by atoms with Gasteiger partial charge in [-0.25, -0.2) is 0 Å². The van der Waals surface area contributed by atoms with Crippen molar-refractivity contribution in [1.82, 2.24) is 4.90 Å². The van der Waals surface area contributed by atoms with E-state index in [-0.39, 0.29) is 0 Å². The Morgan fingerprint density at radius 2 is 1.64 bits per heavy atom. The molecule has 2 aliphatic heterocycles. The third kappa shape index (κ3) is 4.44. The van der Waals surface area contributed by atoms with Crippen molar-refractivity contribution in [3.8, 4) is 0 Å². The minimum atomic E-state index is 0.833. The van der Waals surface area contributed by atoms with Crippen LogP contribution >= 0.6 is 15.9 Å². The number of ether oxygens (including phenoxy) is 2. The largest absolute Gasteiger partial charge is 0.379 e. The number of hydrogen-bond donors (Lipinski definition) is 0. The van der Waals surface area contributed by atoms with Gasteiger partial charge in [0, 0.05) is 36.3 Å². The van der Waals surface area contributed by atoms with Gasteiger partial charge in [0.2, 0.25) is 0 Å². The van der Waals surface area contributed by atoms with Gasteiger partial charge in [0.1, 0.15) is 0 Å². The normalized spacial score (nSPS) is 20.3. The van der Waals surface area contributed by atoms with E-state index in [0.717, 1.165) is 63.5 Å². The van der Waals surface area contributed by atoms with Crippen molar-refractivity contribution in [2.45, 2.75) is 12.8 Å². The molecule has 0 unspecified atom stereocenters. The van der Waals surface area contributed by atoms with E-state index >= 15 is 0 Å². The molecule has 2 aliphatic rings. The molecule has 0 radical (unpaired) electrons. The average molecular weight is 369 g/mol. The summed E-state index contributed by atoms with van der Waals surface area (Å²) in [6.07, 6.45) is 2.34. The Bertz CT molecular complexity index is 472. The lowest BCUT2D eigenvalue weighted by Gasteiger charge is -2.31. The quantitative estimate of drug-likeness (QED) is 0.797. The second kappa shape index (κ2) is 8.29. The molecule has 0 aromatic heterocycles. The standard InChI is InChI=1S/C17H25BrN2O2/c18-16-4-3-15(2-1-5-19-6-10-21-11-7-19)17(14-16)20-8-12-22-13-9-20/h3-4,14H,1-2,5-13H2. The minimum absolute atomic E-state index is 0.833. The first kappa shape index (κ1) is 16.2. The average Bonchev–Trinajstić information content (AvgIpc) is 2.58. The van der Waals surface area contributed by atoms with Gasteiger partial charge in [-0.05, 0) is 37.1 Å². The minimum Gasteiger partial charge on any atom is -0.379 e. The second-order valence-electron chi connectivity index (χ2n) is 5.93. The van der Waals surface area contributed by atoms with Crippen LogP contribution in [0, 0.1) is 0 Å². The Kier molecular flexibility index (Phi) is 6.12. The maximum absolute atomic E-state index is 5.48. The molecule has 2 fully saturated rings. The van der Waals surface area contributed by atoms with Crippen LogP contribution in [0.1, 0.15) is 12.0 Å². The van der Waals surface area contributed by atoms with Crippen LogP contribution in [-0.2, 0) is 15.9 Å². The van der Waals surface area contributed by atoms with Crippen molar-refractivity contribution < 1.29 is 9.47 Å². The molecule has 1 aromatic rings. The highest BCUT2D eigenvalue weighted by Gasteiger charge is 2.16. The molecular weight excluding hydrogens is 344 g/mol. The van der Waals surface area contributed by atoms with Gasteiger partial charge < -0.3 is 14.4 Å². The summed E-state index contributed by atoms with van der Waals surface area (Å²) < 4.78 is 12.0. The van der Waals surface area contributed by atoms with Crippen molar-refractivity contribution >= 4 is 21.6 Å². The first-order valence-corrected chi connectivity index (χ1v) is 9.03. The number of nitrogens with zero attached hydrogens (tertiary/aromatic N) is 2. The van der Waals surface area contributed by atoms with Crippen LogP contribution in [0.2, 0.25) is 0 Å². The highest BCUT2D eigenvalue weighted by atomic mass is 79.9. The zero-order chi connectivity index (χ0) is 15.2. The van der Waals surface area contributed by atoms with Crippen LogP contribution in [0.4, 0.5) is 5.69 Å². The molecule has 122 valence electrons. The summed E-state index contributed by atoms with van der Waals surface area (Å²) in [4.78, 5) is 4.97. The van der Waals surface area contributed by atoms with Gasteiger partial charge in [0.05, 0.1) is 26.4 Å². The summed E-state index contributed by atoms with van der Waals surface area (Å²) in [6.45, 7) is 8.75. The molecule has 22 heavy (non-hydrogen) atoms. The van der Waals surface area contributed by atoms with Gasteiger partial charge in [-0.15, -0.1) is 0 Å². The Hall–Kier alpha value is -0.620. The first-order valence-electron chi connectivity index (χ1n) is 8.24. The maximum Gasteiger partial charge on any atom is 0.0642 e. The highest BCUT2D eigenvalue weighted by Crippen LogP contribution is 2.27. The lowest BCUT2D eigenvalue weighted by atomic mass is 10.1. The molecule has 2 saturated heterocycles. The smallest absolute Gasteiger partial charge is 0.0642 e. The molecule has 0 atom stereocenters. The summed E-state index contributed by atoms with van der Waals surface area (Å²) in [5.74, 6) is 0. The zero-order valence-electron chi connectivity index (χ0n) is 13.1. The molecule has 0 amide bonds. The molecule has 0 saturated carbocycles. The molecular formula is C17H25BrN2O2. The number of aryl methyl sites for hydroxylation is 1. The summed E-state index contributed by atoms with van der Waals surface area (Å²) in [5.41, 5.74) is 2.83. The molecule has 1 aromatic carbocycles. The van der Waals surface area contributed by atoms with Crippen LogP contribution < -0.4 is 4.90 Å². The third-order valence-electron chi connectivity index (χ3n) is 4.42. The van der Waals surface area contributed by atoms with Gasteiger partial charge in [0.25, 0.3) is 0 Å².